The molecule has 0 N–H and O–H groups in total. The summed E-state index contributed by atoms with van der Waals surface area (Å²) in [7, 11) is 1.60. The van der Waals surface area contributed by atoms with Crippen LogP contribution in [0.15, 0.2) is 24.3 Å². The number of rotatable bonds is 4. The first-order valence-corrected chi connectivity index (χ1v) is 9.89. The minimum absolute atomic E-state index is 0.0264. The fourth-order valence-corrected chi connectivity index (χ4v) is 4.21. The number of piperazine rings is 1. The Labute approximate surface area is 162 Å². The summed E-state index contributed by atoms with van der Waals surface area (Å²) in [4.78, 5) is 31.4. The van der Waals surface area contributed by atoms with Crippen molar-refractivity contribution in [3.05, 3.63) is 29.8 Å². The zero-order valence-corrected chi connectivity index (χ0v) is 16.7. The Kier molecular flexibility index (Phi) is 6.37. The molecule has 2 fully saturated rings. The van der Waals surface area contributed by atoms with Crippen molar-refractivity contribution in [3.63, 3.8) is 0 Å². The Bertz CT molecular complexity index is 660. The lowest BCUT2D eigenvalue weighted by molar-refractivity contribution is -0.135. The van der Waals surface area contributed by atoms with Crippen molar-refractivity contribution in [1.29, 1.82) is 0 Å². The van der Waals surface area contributed by atoms with Crippen LogP contribution < -0.4 is 4.74 Å². The van der Waals surface area contributed by atoms with Crippen LogP contribution in [-0.2, 0) is 4.79 Å². The number of amides is 2. The van der Waals surface area contributed by atoms with E-state index in [4.69, 9.17) is 4.74 Å². The van der Waals surface area contributed by atoms with Gasteiger partial charge in [0.15, 0.2) is 0 Å². The highest BCUT2D eigenvalue weighted by Gasteiger charge is 2.28. The summed E-state index contributed by atoms with van der Waals surface area (Å²) in [5.41, 5.74) is 0.648. The van der Waals surface area contributed by atoms with Crippen LogP contribution in [0.5, 0.6) is 5.75 Å². The Morgan fingerprint density at radius 3 is 2.33 bits per heavy atom. The van der Waals surface area contributed by atoms with Gasteiger partial charge in [-0.2, -0.15) is 0 Å². The van der Waals surface area contributed by atoms with Gasteiger partial charge in [-0.25, -0.2) is 0 Å². The molecule has 2 heterocycles. The van der Waals surface area contributed by atoms with Crippen LogP contribution in [0.2, 0.25) is 0 Å². The molecule has 2 unspecified atom stereocenters. The molecule has 2 aliphatic heterocycles. The number of benzene rings is 1. The quantitative estimate of drug-likeness (QED) is 0.810. The molecule has 2 saturated heterocycles. The number of carbonyl (C=O) groups is 2. The van der Waals surface area contributed by atoms with Gasteiger partial charge in [0.05, 0.1) is 13.7 Å². The molecular formula is C21H31N3O3. The lowest BCUT2D eigenvalue weighted by atomic mass is 9.92. The van der Waals surface area contributed by atoms with Crippen molar-refractivity contribution in [2.45, 2.75) is 20.3 Å². The van der Waals surface area contributed by atoms with Crippen molar-refractivity contribution in [3.8, 4) is 5.75 Å². The second kappa shape index (κ2) is 8.74. The van der Waals surface area contributed by atoms with Crippen LogP contribution >= 0.6 is 0 Å². The Morgan fingerprint density at radius 1 is 1.04 bits per heavy atom. The molecule has 2 atom stereocenters. The van der Waals surface area contributed by atoms with E-state index in [0.717, 1.165) is 26.2 Å². The fraction of sp³-hybridized carbons (Fsp3) is 0.619. The van der Waals surface area contributed by atoms with Crippen molar-refractivity contribution in [2.75, 3.05) is 52.9 Å². The van der Waals surface area contributed by atoms with Crippen molar-refractivity contribution >= 4 is 11.8 Å². The molecule has 0 aromatic heterocycles. The van der Waals surface area contributed by atoms with Crippen molar-refractivity contribution < 1.29 is 14.3 Å². The van der Waals surface area contributed by atoms with E-state index in [1.54, 1.807) is 13.2 Å². The SMILES string of the molecule is COc1cccc(C(=O)N2CCN(CC(=O)N3CC(C)CC(C)C3)CC2)c1. The predicted octanol–water partition coefficient (Wildman–Crippen LogP) is 1.96. The van der Waals surface area contributed by atoms with E-state index in [0.29, 0.717) is 42.8 Å². The Morgan fingerprint density at radius 2 is 1.70 bits per heavy atom. The molecule has 3 rings (SSSR count). The standard InChI is InChI=1S/C21H31N3O3/c1-16-11-17(2)14-24(13-16)20(25)15-22-7-9-23(10-8-22)21(26)18-5-4-6-19(12-18)27-3/h4-6,12,16-17H,7-11,13-15H2,1-3H3. The van der Waals surface area contributed by atoms with Crippen LogP contribution in [0.4, 0.5) is 0 Å². The van der Waals surface area contributed by atoms with Gasteiger partial charge < -0.3 is 14.5 Å². The van der Waals surface area contributed by atoms with Crippen LogP contribution in [0.3, 0.4) is 0 Å². The maximum Gasteiger partial charge on any atom is 0.254 e. The highest BCUT2D eigenvalue weighted by molar-refractivity contribution is 5.94. The second-order valence-electron chi connectivity index (χ2n) is 8.05. The van der Waals surface area contributed by atoms with Crippen LogP contribution in [0.25, 0.3) is 0 Å². The third kappa shape index (κ3) is 5.01. The smallest absolute Gasteiger partial charge is 0.254 e. The van der Waals surface area contributed by atoms with Gasteiger partial charge >= 0.3 is 0 Å². The Balaban J connectivity index is 1.49. The van der Waals surface area contributed by atoms with Gasteiger partial charge in [-0.05, 0) is 36.5 Å². The first-order chi connectivity index (χ1) is 13.0. The number of likely N-dealkylation sites (tertiary alicyclic amines) is 1. The highest BCUT2D eigenvalue weighted by atomic mass is 16.5. The number of nitrogens with zero attached hydrogens (tertiary/aromatic N) is 3. The van der Waals surface area contributed by atoms with Crippen LogP contribution in [-0.4, -0.2) is 79.4 Å². The average Bonchev–Trinajstić information content (AvgIpc) is 2.67. The summed E-state index contributed by atoms with van der Waals surface area (Å²) < 4.78 is 5.20. The fourth-order valence-electron chi connectivity index (χ4n) is 4.21. The first-order valence-electron chi connectivity index (χ1n) is 9.89. The number of methoxy groups -OCH3 is 1. The summed E-state index contributed by atoms with van der Waals surface area (Å²) in [5.74, 6) is 2.10. The maximum absolute atomic E-state index is 12.7. The molecule has 1 aromatic rings. The van der Waals surface area contributed by atoms with Crippen LogP contribution in [0.1, 0.15) is 30.6 Å². The molecule has 2 amide bonds. The molecule has 27 heavy (non-hydrogen) atoms. The van der Waals surface area contributed by atoms with E-state index in [9.17, 15) is 9.59 Å². The van der Waals surface area contributed by atoms with Crippen molar-refractivity contribution in [1.82, 2.24) is 14.7 Å². The molecule has 0 aliphatic carbocycles. The number of carbonyl (C=O) groups excluding carboxylic acids is 2. The van der Waals surface area contributed by atoms with E-state index in [1.165, 1.54) is 6.42 Å². The summed E-state index contributed by atoms with van der Waals surface area (Å²) in [6.45, 7) is 9.42. The molecule has 2 aliphatic rings. The van der Waals surface area contributed by atoms with Gasteiger partial charge in [-0.1, -0.05) is 19.9 Å². The first kappa shape index (κ1) is 19.7. The molecule has 0 radical (unpaired) electrons. The summed E-state index contributed by atoms with van der Waals surface area (Å²) in [6.07, 6.45) is 1.20. The van der Waals surface area contributed by atoms with Crippen LogP contribution in [0, 0.1) is 11.8 Å². The summed E-state index contributed by atoms with van der Waals surface area (Å²) in [5, 5.41) is 0. The van der Waals surface area contributed by atoms with Gasteiger partial charge in [-0.15, -0.1) is 0 Å². The monoisotopic (exact) mass is 373 g/mol. The second-order valence-corrected chi connectivity index (χ2v) is 8.05. The maximum atomic E-state index is 12.7. The third-order valence-corrected chi connectivity index (χ3v) is 5.56. The third-order valence-electron chi connectivity index (χ3n) is 5.56. The predicted molar refractivity (Wildman–Crippen MR) is 105 cm³/mol. The molecule has 6 heteroatoms. The van der Waals surface area contributed by atoms with E-state index in [1.807, 2.05) is 28.0 Å². The topological polar surface area (TPSA) is 53.1 Å². The lowest BCUT2D eigenvalue weighted by Gasteiger charge is -2.38. The largest absolute Gasteiger partial charge is 0.497 e. The van der Waals surface area contributed by atoms with E-state index < -0.39 is 0 Å². The molecule has 1 aromatic carbocycles. The molecule has 148 valence electrons. The number of ether oxygens (including phenoxy) is 1. The average molecular weight is 373 g/mol. The van der Waals surface area contributed by atoms with Gasteiger partial charge in [-0.3, -0.25) is 14.5 Å². The number of hydrogen-bond donors (Lipinski definition) is 0. The normalized spacial score (nSPS) is 24.0. The minimum Gasteiger partial charge on any atom is -0.497 e. The molecule has 0 bridgehead atoms. The molecule has 0 spiro atoms. The zero-order chi connectivity index (χ0) is 19.4. The van der Waals surface area contributed by atoms with E-state index in [2.05, 4.69) is 18.7 Å². The summed E-state index contributed by atoms with van der Waals surface area (Å²) >= 11 is 0. The highest BCUT2D eigenvalue weighted by Crippen LogP contribution is 2.21. The van der Waals surface area contributed by atoms with E-state index >= 15 is 0 Å². The van der Waals surface area contributed by atoms with Gasteiger partial charge in [0.2, 0.25) is 5.91 Å². The van der Waals surface area contributed by atoms with Gasteiger partial charge in [0.1, 0.15) is 5.75 Å². The molecule has 0 saturated carbocycles. The Hall–Kier alpha value is -2.08. The van der Waals surface area contributed by atoms with Gasteiger partial charge in [0.25, 0.3) is 5.91 Å². The zero-order valence-electron chi connectivity index (χ0n) is 16.7. The minimum atomic E-state index is 0.0264. The van der Waals surface area contributed by atoms with Gasteiger partial charge in [0, 0.05) is 44.8 Å². The van der Waals surface area contributed by atoms with Crippen molar-refractivity contribution in [2.24, 2.45) is 11.8 Å². The number of piperidine rings is 1. The molecule has 6 nitrogen and oxygen atoms in total. The van der Waals surface area contributed by atoms with E-state index in [-0.39, 0.29) is 11.8 Å². The lowest BCUT2D eigenvalue weighted by Crippen LogP contribution is -2.53. The molecular weight excluding hydrogens is 342 g/mol. The number of hydrogen-bond acceptors (Lipinski definition) is 4. The summed E-state index contributed by atoms with van der Waals surface area (Å²) in [6, 6.07) is 7.26.